The fourth-order valence-electron chi connectivity index (χ4n) is 2.55. The van der Waals surface area contributed by atoms with Crippen molar-refractivity contribution >= 4 is 12.1 Å². The fraction of sp³-hybridized carbons (Fsp3) is 0.733. The number of alkyl carbamates (subject to hydrolysis) is 1. The Labute approximate surface area is 125 Å². The second-order valence-electron chi connectivity index (χ2n) is 6.44. The van der Waals surface area contributed by atoms with Gasteiger partial charge >= 0.3 is 12.1 Å². The van der Waals surface area contributed by atoms with Gasteiger partial charge in [0.2, 0.25) is 0 Å². The van der Waals surface area contributed by atoms with Crippen LogP contribution in [0.5, 0.6) is 0 Å². The van der Waals surface area contributed by atoms with Gasteiger partial charge in [0.1, 0.15) is 5.60 Å². The SMILES string of the molecule is COCC[C@@]1(C(=O)O)C[C@H](NC(=O)OC(C)(C)C)C=C1C. The van der Waals surface area contributed by atoms with E-state index in [1.165, 1.54) is 0 Å². The predicted octanol–water partition coefficient (Wildman–Crippen LogP) is 2.34. The molecule has 0 radical (unpaired) electrons. The molecule has 1 aliphatic carbocycles. The molecule has 120 valence electrons. The van der Waals surface area contributed by atoms with Gasteiger partial charge in [0.25, 0.3) is 0 Å². The van der Waals surface area contributed by atoms with E-state index in [-0.39, 0.29) is 6.04 Å². The molecular formula is C15H25NO5. The monoisotopic (exact) mass is 299 g/mol. The Morgan fingerprint density at radius 2 is 2.10 bits per heavy atom. The highest BCUT2D eigenvalue weighted by atomic mass is 16.6. The highest BCUT2D eigenvalue weighted by Crippen LogP contribution is 2.42. The number of carbonyl (C=O) groups excluding carboxylic acids is 1. The van der Waals surface area contributed by atoms with E-state index in [2.05, 4.69) is 5.32 Å². The van der Waals surface area contributed by atoms with E-state index < -0.39 is 23.1 Å². The predicted molar refractivity (Wildman–Crippen MR) is 78.1 cm³/mol. The molecule has 1 aliphatic rings. The lowest BCUT2D eigenvalue weighted by atomic mass is 9.78. The molecule has 2 N–H and O–H groups in total. The largest absolute Gasteiger partial charge is 0.481 e. The number of carbonyl (C=O) groups is 2. The summed E-state index contributed by atoms with van der Waals surface area (Å²) >= 11 is 0. The van der Waals surface area contributed by atoms with Crippen molar-refractivity contribution in [3.8, 4) is 0 Å². The minimum absolute atomic E-state index is 0.316. The number of amides is 1. The average molecular weight is 299 g/mol. The molecule has 0 aromatic rings. The third-order valence-electron chi connectivity index (χ3n) is 3.62. The first-order chi connectivity index (χ1) is 9.60. The van der Waals surface area contributed by atoms with Gasteiger partial charge in [-0.25, -0.2) is 4.79 Å². The summed E-state index contributed by atoms with van der Waals surface area (Å²) < 4.78 is 10.2. The van der Waals surface area contributed by atoms with Gasteiger partial charge in [-0.05, 0) is 40.5 Å². The van der Waals surface area contributed by atoms with Gasteiger partial charge in [-0.3, -0.25) is 4.79 Å². The van der Waals surface area contributed by atoms with E-state index in [9.17, 15) is 14.7 Å². The summed E-state index contributed by atoms with van der Waals surface area (Å²) in [6.07, 6.45) is 1.95. The van der Waals surface area contributed by atoms with E-state index in [1.54, 1.807) is 40.9 Å². The van der Waals surface area contributed by atoms with Crippen LogP contribution >= 0.6 is 0 Å². The topological polar surface area (TPSA) is 84.9 Å². The van der Waals surface area contributed by atoms with Gasteiger partial charge in [-0.2, -0.15) is 0 Å². The summed E-state index contributed by atoms with van der Waals surface area (Å²) in [5.74, 6) is -0.887. The van der Waals surface area contributed by atoms with Crippen molar-refractivity contribution in [3.63, 3.8) is 0 Å². The van der Waals surface area contributed by atoms with Crippen LogP contribution in [0.2, 0.25) is 0 Å². The number of ether oxygens (including phenoxy) is 2. The Hall–Kier alpha value is -1.56. The highest BCUT2D eigenvalue weighted by molar-refractivity contribution is 5.80. The molecule has 1 rings (SSSR count). The number of nitrogens with one attached hydrogen (secondary N) is 1. The van der Waals surface area contributed by atoms with Gasteiger partial charge in [-0.1, -0.05) is 11.6 Å². The van der Waals surface area contributed by atoms with Crippen molar-refractivity contribution < 1.29 is 24.2 Å². The summed E-state index contributed by atoms with van der Waals surface area (Å²) in [4.78, 5) is 23.4. The number of carboxylic acid groups (broad SMARTS) is 1. The Morgan fingerprint density at radius 3 is 2.57 bits per heavy atom. The third kappa shape index (κ3) is 4.46. The Balaban J connectivity index is 2.74. The van der Waals surface area contributed by atoms with Crippen LogP contribution in [0.1, 0.15) is 40.5 Å². The molecule has 21 heavy (non-hydrogen) atoms. The molecule has 0 aromatic heterocycles. The number of aliphatic carboxylic acids is 1. The first-order valence-corrected chi connectivity index (χ1v) is 7.01. The van der Waals surface area contributed by atoms with E-state index in [0.717, 1.165) is 5.57 Å². The van der Waals surface area contributed by atoms with Gasteiger partial charge in [0.05, 0.1) is 11.5 Å². The Bertz CT molecular complexity index is 438. The summed E-state index contributed by atoms with van der Waals surface area (Å²) in [7, 11) is 1.54. The maximum Gasteiger partial charge on any atom is 0.408 e. The molecule has 0 bridgehead atoms. The van der Waals surface area contributed by atoms with Crippen molar-refractivity contribution in [1.82, 2.24) is 5.32 Å². The van der Waals surface area contributed by atoms with Crippen molar-refractivity contribution in [2.24, 2.45) is 5.41 Å². The van der Waals surface area contributed by atoms with E-state index >= 15 is 0 Å². The fourth-order valence-corrected chi connectivity index (χ4v) is 2.55. The second-order valence-corrected chi connectivity index (χ2v) is 6.44. The normalized spacial score (nSPS) is 25.4. The van der Waals surface area contributed by atoms with Crippen molar-refractivity contribution in [1.29, 1.82) is 0 Å². The zero-order valence-corrected chi connectivity index (χ0v) is 13.4. The van der Waals surface area contributed by atoms with Crippen molar-refractivity contribution in [2.45, 2.75) is 52.2 Å². The van der Waals surface area contributed by atoms with Crippen LogP contribution in [-0.2, 0) is 14.3 Å². The van der Waals surface area contributed by atoms with Crippen LogP contribution < -0.4 is 5.32 Å². The van der Waals surface area contributed by atoms with Crippen LogP contribution in [0.3, 0.4) is 0 Å². The average Bonchev–Trinajstić information content (AvgIpc) is 2.61. The third-order valence-corrected chi connectivity index (χ3v) is 3.62. The van der Waals surface area contributed by atoms with Gasteiger partial charge in [-0.15, -0.1) is 0 Å². The van der Waals surface area contributed by atoms with Crippen LogP contribution in [0.25, 0.3) is 0 Å². The first kappa shape index (κ1) is 17.5. The smallest absolute Gasteiger partial charge is 0.408 e. The second kappa shape index (κ2) is 6.47. The van der Waals surface area contributed by atoms with Crippen LogP contribution in [0, 0.1) is 5.41 Å². The van der Waals surface area contributed by atoms with E-state index in [0.29, 0.717) is 19.4 Å². The molecule has 0 aliphatic heterocycles. The van der Waals surface area contributed by atoms with E-state index in [4.69, 9.17) is 9.47 Å². The maximum atomic E-state index is 11.8. The highest BCUT2D eigenvalue weighted by Gasteiger charge is 2.46. The van der Waals surface area contributed by atoms with Crippen LogP contribution in [0.15, 0.2) is 11.6 Å². The number of carboxylic acids is 1. The number of hydrogen-bond donors (Lipinski definition) is 2. The zero-order chi connectivity index (χ0) is 16.3. The molecular weight excluding hydrogens is 274 g/mol. The summed E-state index contributed by atoms with van der Waals surface area (Å²) in [5, 5.41) is 12.3. The molecule has 0 unspecified atom stereocenters. The van der Waals surface area contributed by atoms with Gasteiger partial charge < -0.3 is 19.9 Å². The molecule has 0 saturated heterocycles. The quantitative estimate of drug-likeness (QED) is 0.761. The Morgan fingerprint density at radius 1 is 1.48 bits per heavy atom. The molecule has 2 atom stereocenters. The zero-order valence-electron chi connectivity index (χ0n) is 13.4. The molecule has 6 heteroatoms. The Kier molecular flexibility index (Phi) is 5.39. The van der Waals surface area contributed by atoms with Crippen LogP contribution in [0.4, 0.5) is 4.79 Å². The summed E-state index contributed by atoms with van der Waals surface area (Å²) in [6.45, 7) is 7.48. The van der Waals surface area contributed by atoms with E-state index in [1.807, 2.05) is 0 Å². The summed E-state index contributed by atoms with van der Waals surface area (Å²) in [6, 6.07) is -0.340. The molecule has 0 fully saturated rings. The molecule has 0 heterocycles. The first-order valence-electron chi connectivity index (χ1n) is 7.01. The number of methoxy groups -OCH3 is 1. The minimum atomic E-state index is -0.976. The van der Waals surface area contributed by atoms with Gasteiger partial charge in [0.15, 0.2) is 0 Å². The number of hydrogen-bond acceptors (Lipinski definition) is 4. The van der Waals surface area contributed by atoms with Gasteiger partial charge in [0, 0.05) is 13.7 Å². The standard InChI is InChI=1S/C15H25NO5/c1-10-8-11(16-13(19)21-14(2,3)4)9-15(10,12(17)18)6-7-20-5/h8,11H,6-7,9H2,1-5H3,(H,16,19)(H,17,18)/t11-,15-/m1/s1. The minimum Gasteiger partial charge on any atom is -0.481 e. The maximum absolute atomic E-state index is 11.8. The molecule has 0 saturated carbocycles. The lowest BCUT2D eigenvalue weighted by molar-refractivity contribution is -0.147. The molecule has 1 amide bonds. The van der Waals surface area contributed by atoms with Crippen LogP contribution in [-0.4, -0.2) is 42.5 Å². The molecule has 0 aromatic carbocycles. The number of rotatable bonds is 5. The molecule has 6 nitrogen and oxygen atoms in total. The lowest BCUT2D eigenvalue weighted by Gasteiger charge is -2.27. The molecule has 0 spiro atoms. The lowest BCUT2D eigenvalue weighted by Crippen LogP contribution is -2.40. The van der Waals surface area contributed by atoms with Crippen molar-refractivity contribution in [2.75, 3.05) is 13.7 Å². The van der Waals surface area contributed by atoms with Crippen molar-refractivity contribution in [3.05, 3.63) is 11.6 Å². The summed E-state index contributed by atoms with van der Waals surface area (Å²) in [5.41, 5.74) is -0.815.